The van der Waals surface area contributed by atoms with E-state index >= 15 is 0 Å². The highest BCUT2D eigenvalue weighted by atomic mass is 35.5. The van der Waals surface area contributed by atoms with Gasteiger partial charge >= 0.3 is 6.03 Å². The molecule has 1 aromatic carbocycles. The second-order valence-corrected chi connectivity index (χ2v) is 5.59. The molecule has 0 aliphatic carbocycles. The first-order chi connectivity index (χ1) is 10.8. The minimum Gasteiger partial charge on any atom is -0.394 e. The molecule has 2 heterocycles. The Bertz CT molecular complexity index is 651. The number of aliphatic hydroxyl groups is 2. The van der Waals surface area contributed by atoms with Gasteiger partial charge in [0.2, 0.25) is 0 Å². The molecule has 2 aliphatic heterocycles. The smallest absolute Gasteiger partial charge is 0.322 e. The Morgan fingerprint density at radius 3 is 2.65 bits per heavy atom. The maximum absolute atomic E-state index is 11.4. The Morgan fingerprint density at radius 2 is 2.09 bits per heavy atom. The van der Waals surface area contributed by atoms with E-state index in [1.54, 1.807) is 18.0 Å². The van der Waals surface area contributed by atoms with Gasteiger partial charge in [-0.15, -0.1) is 0 Å². The molecule has 3 rings (SSSR count). The van der Waals surface area contributed by atoms with Gasteiger partial charge in [0.1, 0.15) is 12.1 Å². The van der Waals surface area contributed by atoms with Crippen LogP contribution in [0.25, 0.3) is 0 Å². The van der Waals surface area contributed by atoms with Crippen molar-refractivity contribution in [2.75, 3.05) is 13.7 Å². The lowest BCUT2D eigenvalue weighted by atomic mass is 10.1. The van der Waals surface area contributed by atoms with E-state index in [-0.39, 0.29) is 5.91 Å². The first kappa shape index (κ1) is 17.2. The predicted molar refractivity (Wildman–Crippen MR) is 80.8 cm³/mol. The SMILES string of the molecule is CN1Cc2ccc(Cl)cc2C1=O.O=C1NC(=O)C(C(O)CO)N1. The molecule has 0 aromatic heterocycles. The lowest BCUT2D eigenvalue weighted by Gasteiger charge is -2.11. The average molecular weight is 342 g/mol. The standard InChI is InChI=1S/C9H8ClNO.C5H8N2O4/c1-11-5-6-2-3-7(10)4-8(6)9(11)12;8-1-2(9)3-4(10)7-5(11)6-3/h2-4H,5H2,1H3;2-3,8-9H,1H2,(H2,6,7,10,11). The molecule has 0 saturated carbocycles. The summed E-state index contributed by atoms with van der Waals surface area (Å²) in [6.07, 6.45) is -1.23. The fourth-order valence-electron chi connectivity index (χ4n) is 2.23. The maximum Gasteiger partial charge on any atom is 0.322 e. The van der Waals surface area contributed by atoms with E-state index in [9.17, 15) is 14.4 Å². The fourth-order valence-corrected chi connectivity index (χ4v) is 2.40. The van der Waals surface area contributed by atoms with Crippen LogP contribution in [0.5, 0.6) is 0 Å². The molecular formula is C14H16ClN3O5. The molecule has 1 fully saturated rings. The second-order valence-electron chi connectivity index (χ2n) is 5.15. The molecule has 23 heavy (non-hydrogen) atoms. The summed E-state index contributed by atoms with van der Waals surface area (Å²) in [6.45, 7) is 0.143. The van der Waals surface area contributed by atoms with Crippen LogP contribution < -0.4 is 10.6 Å². The number of rotatable bonds is 2. The number of hydrogen-bond acceptors (Lipinski definition) is 5. The van der Waals surface area contributed by atoms with E-state index in [0.29, 0.717) is 11.6 Å². The second kappa shape index (κ2) is 6.95. The zero-order valence-electron chi connectivity index (χ0n) is 12.2. The quantitative estimate of drug-likeness (QED) is 0.539. The number of urea groups is 1. The molecule has 8 nitrogen and oxygen atoms in total. The molecule has 4 N–H and O–H groups in total. The van der Waals surface area contributed by atoms with Gasteiger partial charge in [-0.3, -0.25) is 14.9 Å². The molecule has 4 amide bonds. The highest BCUT2D eigenvalue weighted by Gasteiger charge is 2.34. The lowest BCUT2D eigenvalue weighted by Crippen LogP contribution is -2.42. The zero-order valence-corrected chi connectivity index (χ0v) is 13.0. The Morgan fingerprint density at radius 1 is 1.39 bits per heavy atom. The summed E-state index contributed by atoms with van der Waals surface area (Å²) in [5.41, 5.74) is 1.80. The number of hydrogen-bond donors (Lipinski definition) is 4. The molecule has 124 valence electrons. The molecule has 2 unspecified atom stereocenters. The zero-order chi connectivity index (χ0) is 17.1. The summed E-state index contributed by atoms with van der Waals surface area (Å²) in [5.74, 6) is -0.552. The van der Waals surface area contributed by atoms with Crippen LogP contribution in [0.1, 0.15) is 15.9 Å². The van der Waals surface area contributed by atoms with E-state index in [1.165, 1.54) is 0 Å². The Labute approximate surface area is 137 Å². The average Bonchev–Trinajstić information content (AvgIpc) is 2.99. The minimum absolute atomic E-state index is 0.0625. The molecule has 0 bridgehead atoms. The Hall–Kier alpha value is -2.16. The van der Waals surface area contributed by atoms with Crippen LogP contribution in [0.3, 0.4) is 0 Å². The monoisotopic (exact) mass is 341 g/mol. The van der Waals surface area contributed by atoms with Crippen molar-refractivity contribution < 1.29 is 24.6 Å². The van der Waals surface area contributed by atoms with Gasteiger partial charge in [0.15, 0.2) is 0 Å². The van der Waals surface area contributed by atoms with Gasteiger partial charge in [-0.2, -0.15) is 0 Å². The van der Waals surface area contributed by atoms with Crippen molar-refractivity contribution in [3.8, 4) is 0 Å². The summed E-state index contributed by atoms with van der Waals surface area (Å²) in [7, 11) is 1.79. The van der Waals surface area contributed by atoms with Gasteiger partial charge in [-0.25, -0.2) is 4.79 Å². The van der Waals surface area contributed by atoms with Crippen molar-refractivity contribution in [1.29, 1.82) is 0 Å². The van der Waals surface area contributed by atoms with Crippen molar-refractivity contribution >= 4 is 29.4 Å². The van der Waals surface area contributed by atoms with Crippen LogP contribution in [0.15, 0.2) is 18.2 Å². The van der Waals surface area contributed by atoms with Crippen LogP contribution in [0, 0.1) is 0 Å². The van der Waals surface area contributed by atoms with Crippen molar-refractivity contribution in [2.24, 2.45) is 0 Å². The van der Waals surface area contributed by atoms with Crippen LogP contribution in [-0.2, 0) is 11.3 Å². The third-order valence-corrected chi connectivity index (χ3v) is 3.67. The van der Waals surface area contributed by atoms with Crippen molar-refractivity contribution in [3.63, 3.8) is 0 Å². The van der Waals surface area contributed by atoms with Gasteiger partial charge in [0.25, 0.3) is 11.8 Å². The topological polar surface area (TPSA) is 119 Å². The number of imide groups is 1. The van der Waals surface area contributed by atoms with Crippen LogP contribution >= 0.6 is 11.6 Å². The number of benzene rings is 1. The number of nitrogens with one attached hydrogen (secondary N) is 2. The summed E-state index contributed by atoms with van der Waals surface area (Å²) in [6, 6.07) is 3.77. The van der Waals surface area contributed by atoms with E-state index in [0.717, 1.165) is 11.1 Å². The predicted octanol–water partition coefficient (Wildman–Crippen LogP) is -0.527. The number of nitrogens with zero attached hydrogens (tertiary/aromatic N) is 1. The minimum atomic E-state index is -1.23. The third kappa shape index (κ3) is 3.79. The Balaban J connectivity index is 0.000000168. The van der Waals surface area contributed by atoms with Crippen molar-refractivity contribution in [2.45, 2.75) is 18.7 Å². The summed E-state index contributed by atoms with van der Waals surface area (Å²) >= 11 is 5.77. The number of aliphatic hydroxyl groups excluding tert-OH is 2. The summed E-state index contributed by atoms with van der Waals surface area (Å²) in [4.78, 5) is 34.3. The van der Waals surface area contributed by atoms with Crippen molar-refractivity contribution in [1.82, 2.24) is 15.5 Å². The molecule has 2 aliphatic rings. The van der Waals surface area contributed by atoms with Gasteiger partial charge in [0, 0.05) is 24.2 Å². The molecule has 2 atom stereocenters. The van der Waals surface area contributed by atoms with Gasteiger partial charge < -0.3 is 20.4 Å². The first-order valence-electron chi connectivity index (χ1n) is 6.77. The van der Waals surface area contributed by atoms with E-state index in [1.807, 2.05) is 17.4 Å². The van der Waals surface area contributed by atoms with Gasteiger partial charge in [0.05, 0.1) is 6.61 Å². The van der Waals surface area contributed by atoms with Crippen LogP contribution in [-0.4, -0.2) is 58.8 Å². The van der Waals surface area contributed by atoms with Crippen LogP contribution in [0.4, 0.5) is 4.79 Å². The van der Waals surface area contributed by atoms with Gasteiger partial charge in [-0.05, 0) is 17.7 Å². The third-order valence-electron chi connectivity index (χ3n) is 3.43. The number of halogens is 1. The van der Waals surface area contributed by atoms with Crippen molar-refractivity contribution in [3.05, 3.63) is 34.3 Å². The molecule has 0 radical (unpaired) electrons. The summed E-state index contributed by atoms with van der Waals surface area (Å²) in [5, 5.41) is 22.0. The Kier molecular flexibility index (Phi) is 5.19. The fraction of sp³-hybridized carbons (Fsp3) is 0.357. The molecule has 1 aromatic rings. The number of carbonyl (C=O) groups excluding carboxylic acids is 3. The normalized spacial score (nSPS) is 20.4. The van der Waals surface area contributed by atoms with E-state index in [4.69, 9.17) is 21.8 Å². The molecule has 1 saturated heterocycles. The highest BCUT2D eigenvalue weighted by Crippen LogP contribution is 2.24. The van der Waals surface area contributed by atoms with E-state index < -0.39 is 30.7 Å². The number of carbonyl (C=O) groups is 3. The number of amides is 4. The molecular weight excluding hydrogens is 326 g/mol. The van der Waals surface area contributed by atoms with E-state index in [2.05, 4.69) is 5.32 Å². The summed E-state index contributed by atoms with van der Waals surface area (Å²) < 4.78 is 0. The first-order valence-corrected chi connectivity index (χ1v) is 7.15. The van der Waals surface area contributed by atoms with Crippen LogP contribution in [0.2, 0.25) is 5.02 Å². The molecule has 0 spiro atoms. The largest absolute Gasteiger partial charge is 0.394 e. The lowest BCUT2D eigenvalue weighted by molar-refractivity contribution is -0.123. The molecule has 9 heteroatoms. The highest BCUT2D eigenvalue weighted by molar-refractivity contribution is 6.31. The number of fused-ring (bicyclic) bond motifs is 1. The maximum atomic E-state index is 11.4. The van der Waals surface area contributed by atoms with Gasteiger partial charge in [-0.1, -0.05) is 17.7 Å².